The third kappa shape index (κ3) is 0.721. The summed E-state index contributed by atoms with van der Waals surface area (Å²) in [6.45, 7) is 0. The Morgan fingerprint density at radius 3 is 3.11 bits per heavy atom. The molecule has 0 aromatic heterocycles. The first-order valence-corrected chi connectivity index (χ1v) is 3.33. The molecule has 2 heterocycles. The minimum Gasteiger partial charge on any atom is -0.445 e. The van der Waals surface area contributed by atoms with Crippen molar-refractivity contribution in [2.45, 2.75) is 31.5 Å². The van der Waals surface area contributed by atoms with Crippen molar-refractivity contribution in [3.05, 3.63) is 0 Å². The van der Waals surface area contributed by atoms with Gasteiger partial charge in [-0.25, -0.2) is 0 Å². The van der Waals surface area contributed by atoms with Gasteiger partial charge in [0.25, 0.3) is 0 Å². The predicted molar refractivity (Wildman–Crippen MR) is 30.7 cm³/mol. The maximum absolute atomic E-state index is 10.8. The largest absolute Gasteiger partial charge is 0.445 e. The smallest absolute Gasteiger partial charge is 0.324 e. The van der Waals surface area contributed by atoms with Crippen molar-refractivity contribution in [3.63, 3.8) is 0 Å². The van der Waals surface area contributed by atoms with E-state index in [9.17, 15) is 4.79 Å². The van der Waals surface area contributed by atoms with Gasteiger partial charge in [-0.15, -0.1) is 0 Å². The zero-order chi connectivity index (χ0) is 6.27. The molecule has 2 atom stereocenters. The number of ether oxygens (including phenoxy) is 1. The fourth-order valence-electron chi connectivity index (χ4n) is 1.40. The SMILES string of the molecule is O=C1OC2CCCC1N2. The second kappa shape index (κ2) is 1.70. The van der Waals surface area contributed by atoms with Crippen LogP contribution < -0.4 is 5.32 Å². The summed E-state index contributed by atoms with van der Waals surface area (Å²) < 4.78 is 4.94. The second-order valence-corrected chi connectivity index (χ2v) is 2.58. The monoisotopic (exact) mass is 127 g/mol. The highest BCUT2D eigenvalue weighted by Crippen LogP contribution is 2.20. The van der Waals surface area contributed by atoms with Crippen LogP contribution in [0.25, 0.3) is 0 Å². The van der Waals surface area contributed by atoms with E-state index in [1.165, 1.54) is 0 Å². The average Bonchev–Trinajstić information content (AvgIpc) is 2.09. The number of nitrogens with one attached hydrogen (secondary N) is 1. The molecule has 1 N–H and O–H groups in total. The number of rotatable bonds is 0. The molecule has 2 unspecified atom stereocenters. The molecule has 2 aliphatic rings. The molecule has 50 valence electrons. The van der Waals surface area contributed by atoms with Crippen LogP contribution in [-0.2, 0) is 9.53 Å². The Kier molecular flexibility index (Phi) is 0.990. The Balaban J connectivity index is 2.15. The summed E-state index contributed by atoms with van der Waals surface area (Å²) >= 11 is 0. The average molecular weight is 127 g/mol. The van der Waals surface area contributed by atoms with E-state index >= 15 is 0 Å². The maximum atomic E-state index is 10.8. The van der Waals surface area contributed by atoms with Crippen LogP contribution in [0.1, 0.15) is 19.3 Å². The van der Waals surface area contributed by atoms with Gasteiger partial charge in [-0.3, -0.25) is 10.1 Å². The normalized spacial score (nSPS) is 40.7. The van der Waals surface area contributed by atoms with Crippen molar-refractivity contribution in [1.29, 1.82) is 0 Å². The van der Waals surface area contributed by atoms with E-state index in [2.05, 4.69) is 5.32 Å². The molecule has 0 spiro atoms. The van der Waals surface area contributed by atoms with Gasteiger partial charge in [0.15, 0.2) is 6.23 Å². The van der Waals surface area contributed by atoms with Crippen LogP contribution in [0.5, 0.6) is 0 Å². The minimum absolute atomic E-state index is 0.0174. The van der Waals surface area contributed by atoms with E-state index in [1.807, 2.05) is 0 Å². The molecular formula is C6H9NO2. The molecule has 0 radical (unpaired) electrons. The van der Waals surface area contributed by atoms with Gasteiger partial charge in [-0.05, 0) is 19.3 Å². The molecule has 2 bridgehead atoms. The fourth-order valence-corrected chi connectivity index (χ4v) is 1.40. The molecule has 2 saturated heterocycles. The molecule has 9 heavy (non-hydrogen) atoms. The highest BCUT2D eigenvalue weighted by atomic mass is 16.6. The summed E-state index contributed by atoms with van der Waals surface area (Å²) in [7, 11) is 0. The maximum Gasteiger partial charge on any atom is 0.324 e. The topological polar surface area (TPSA) is 38.3 Å². The standard InChI is InChI=1S/C6H9NO2/c8-6-4-2-1-3-5(7-4)9-6/h4-5,7H,1-3H2. The number of hydrogen-bond donors (Lipinski definition) is 1. The Morgan fingerprint density at radius 1 is 1.56 bits per heavy atom. The Bertz CT molecular complexity index is 146. The van der Waals surface area contributed by atoms with Gasteiger partial charge in [-0.1, -0.05) is 0 Å². The molecular weight excluding hydrogens is 118 g/mol. The number of esters is 1. The van der Waals surface area contributed by atoms with Crippen LogP contribution in [0.2, 0.25) is 0 Å². The van der Waals surface area contributed by atoms with Gasteiger partial charge in [0.05, 0.1) is 0 Å². The van der Waals surface area contributed by atoms with Crippen molar-refractivity contribution >= 4 is 5.97 Å². The molecule has 2 fully saturated rings. The van der Waals surface area contributed by atoms with Gasteiger partial charge >= 0.3 is 5.97 Å². The first-order valence-electron chi connectivity index (χ1n) is 3.33. The van der Waals surface area contributed by atoms with Gasteiger partial charge in [0, 0.05) is 0 Å². The summed E-state index contributed by atoms with van der Waals surface area (Å²) in [4.78, 5) is 10.8. The lowest BCUT2D eigenvalue weighted by molar-refractivity contribution is -0.141. The second-order valence-electron chi connectivity index (χ2n) is 2.58. The fraction of sp³-hybridized carbons (Fsp3) is 0.833. The van der Waals surface area contributed by atoms with E-state index in [0.29, 0.717) is 0 Å². The van der Waals surface area contributed by atoms with Crippen LogP contribution in [0.3, 0.4) is 0 Å². The highest BCUT2D eigenvalue weighted by Gasteiger charge is 2.36. The van der Waals surface area contributed by atoms with Gasteiger partial charge in [-0.2, -0.15) is 0 Å². The minimum atomic E-state index is -0.0579. The summed E-state index contributed by atoms with van der Waals surface area (Å²) in [6, 6.07) is 0.0174. The van der Waals surface area contributed by atoms with E-state index in [0.717, 1.165) is 19.3 Å². The van der Waals surface area contributed by atoms with Crippen LogP contribution >= 0.6 is 0 Å². The number of piperidine rings is 1. The van der Waals surface area contributed by atoms with Crippen LogP contribution in [-0.4, -0.2) is 18.2 Å². The Morgan fingerprint density at radius 2 is 2.44 bits per heavy atom. The van der Waals surface area contributed by atoms with Gasteiger partial charge in [0.1, 0.15) is 6.04 Å². The number of fused-ring (bicyclic) bond motifs is 2. The first-order chi connectivity index (χ1) is 4.36. The molecule has 3 nitrogen and oxygen atoms in total. The zero-order valence-corrected chi connectivity index (χ0v) is 5.09. The van der Waals surface area contributed by atoms with E-state index in [1.54, 1.807) is 0 Å². The Labute approximate surface area is 53.4 Å². The molecule has 0 amide bonds. The summed E-state index contributed by atoms with van der Waals surface area (Å²) in [6.07, 6.45) is 3.10. The Hall–Kier alpha value is -0.570. The van der Waals surface area contributed by atoms with Crippen LogP contribution in [0, 0.1) is 0 Å². The summed E-state index contributed by atoms with van der Waals surface area (Å²) in [5.74, 6) is -0.0579. The first kappa shape index (κ1) is 5.23. The van der Waals surface area contributed by atoms with Crippen molar-refractivity contribution < 1.29 is 9.53 Å². The lowest BCUT2D eigenvalue weighted by Gasteiger charge is -2.14. The number of hydrogen-bond acceptors (Lipinski definition) is 3. The van der Waals surface area contributed by atoms with Gasteiger partial charge < -0.3 is 4.74 Å². The highest BCUT2D eigenvalue weighted by molar-refractivity contribution is 5.78. The lowest BCUT2D eigenvalue weighted by Crippen LogP contribution is -2.35. The quantitative estimate of drug-likeness (QED) is 0.466. The number of carbonyl (C=O) groups is 1. The zero-order valence-electron chi connectivity index (χ0n) is 5.09. The molecule has 0 saturated carbocycles. The van der Waals surface area contributed by atoms with Crippen LogP contribution in [0.15, 0.2) is 0 Å². The molecule has 0 aromatic rings. The number of carbonyl (C=O) groups excluding carboxylic acids is 1. The molecule has 0 aromatic carbocycles. The van der Waals surface area contributed by atoms with E-state index in [4.69, 9.17) is 4.74 Å². The van der Waals surface area contributed by atoms with Crippen molar-refractivity contribution in [2.24, 2.45) is 0 Å². The van der Waals surface area contributed by atoms with E-state index < -0.39 is 0 Å². The third-order valence-electron chi connectivity index (χ3n) is 1.89. The predicted octanol–water partition coefficient (Wildman–Crippen LogP) is 0.0114. The molecule has 0 aliphatic carbocycles. The summed E-state index contributed by atoms with van der Waals surface area (Å²) in [5.41, 5.74) is 0. The van der Waals surface area contributed by atoms with Crippen molar-refractivity contribution in [3.8, 4) is 0 Å². The third-order valence-corrected chi connectivity index (χ3v) is 1.89. The van der Waals surface area contributed by atoms with Crippen LogP contribution in [0.4, 0.5) is 0 Å². The van der Waals surface area contributed by atoms with E-state index in [-0.39, 0.29) is 18.2 Å². The van der Waals surface area contributed by atoms with Gasteiger partial charge in [0.2, 0.25) is 0 Å². The summed E-state index contributed by atoms with van der Waals surface area (Å²) in [5, 5.41) is 3.07. The van der Waals surface area contributed by atoms with Crippen molar-refractivity contribution in [1.82, 2.24) is 5.32 Å². The lowest BCUT2D eigenvalue weighted by atomic mass is 10.1. The molecule has 2 rings (SSSR count). The van der Waals surface area contributed by atoms with Crippen molar-refractivity contribution in [2.75, 3.05) is 0 Å². The molecule has 2 aliphatic heterocycles. The molecule has 3 heteroatoms.